The number of ether oxygens (including phenoxy) is 1. The summed E-state index contributed by atoms with van der Waals surface area (Å²) in [4.78, 5) is 17.3. The van der Waals surface area contributed by atoms with Crippen LogP contribution in [0.1, 0.15) is 15.2 Å². The van der Waals surface area contributed by atoms with E-state index in [2.05, 4.69) is 10.3 Å². The van der Waals surface area contributed by atoms with Gasteiger partial charge < -0.3 is 4.74 Å². The second-order valence-corrected chi connectivity index (χ2v) is 5.90. The first-order chi connectivity index (χ1) is 10.7. The largest absolute Gasteiger partial charge is 0.457 e. The van der Waals surface area contributed by atoms with Gasteiger partial charge in [0.1, 0.15) is 11.5 Å². The highest BCUT2D eigenvalue weighted by molar-refractivity contribution is 7.15. The molecule has 22 heavy (non-hydrogen) atoms. The lowest BCUT2D eigenvalue weighted by atomic mass is 10.2. The normalized spacial score (nSPS) is 10.2. The Morgan fingerprint density at radius 2 is 1.73 bits per heavy atom. The van der Waals surface area contributed by atoms with E-state index in [0.29, 0.717) is 16.4 Å². The summed E-state index contributed by atoms with van der Waals surface area (Å²) in [6, 6.07) is 16.5. The van der Waals surface area contributed by atoms with Crippen molar-refractivity contribution in [3.05, 3.63) is 71.2 Å². The number of nitrogens with one attached hydrogen (secondary N) is 1. The number of aryl methyl sites for hydroxylation is 1. The van der Waals surface area contributed by atoms with Gasteiger partial charge >= 0.3 is 0 Å². The first kappa shape index (κ1) is 14.3. The third-order valence-electron chi connectivity index (χ3n) is 2.94. The molecule has 0 saturated carbocycles. The van der Waals surface area contributed by atoms with E-state index in [4.69, 9.17) is 4.74 Å². The molecule has 0 aliphatic rings. The smallest absolute Gasteiger partial charge is 0.257 e. The number of carbonyl (C=O) groups excluding carboxylic acids is 1. The third-order valence-corrected chi connectivity index (χ3v) is 3.77. The number of aromatic nitrogens is 1. The number of hydrogen-bond donors (Lipinski definition) is 1. The predicted molar refractivity (Wildman–Crippen MR) is 87.8 cm³/mol. The Balaban J connectivity index is 1.67. The number of benzene rings is 2. The molecular weight excluding hydrogens is 296 g/mol. The third kappa shape index (κ3) is 3.51. The van der Waals surface area contributed by atoms with Gasteiger partial charge in [0.25, 0.3) is 5.91 Å². The molecule has 110 valence electrons. The number of para-hydroxylation sites is 1. The first-order valence-electron chi connectivity index (χ1n) is 6.77. The highest BCUT2D eigenvalue weighted by Crippen LogP contribution is 2.22. The van der Waals surface area contributed by atoms with Gasteiger partial charge in [0.15, 0.2) is 5.13 Å². The van der Waals surface area contributed by atoms with Crippen molar-refractivity contribution in [2.75, 3.05) is 5.32 Å². The fraction of sp³-hybridized carbons (Fsp3) is 0.0588. The maximum absolute atomic E-state index is 12.1. The van der Waals surface area contributed by atoms with Gasteiger partial charge in [-0.2, -0.15) is 0 Å². The van der Waals surface area contributed by atoms with Crippen LogP contribution in [0.2, 0.25) is 0 Å². The van der Waals surface area contributed by atoms with E-state index in [1.165, 1.54) is 11.3 Å². The second kappa shape index (κ2) is 6.41. The molecule has 0 spiro atoms. The van der Waals surface area contributed by atoms with Crippen molar-refractivity contribution in [1.82, 2.24) is 4.98 Å². The molecule has 1 amide bonds. The zero-order valence-electron chi connectivity index (χ0n) is 11.9. The van der Waals surface area contributed by atoms with E-state index in [1.54, 1.807) is 30.5 Å². The molecule has 0 fully saturated rings. The van der Waals surface area contributed by atoms with Crippen LogP contribution in [0.3, 0.4) is 0 Å². The molecule has 0 aliphatic heterocycles. The topological polar surface area (TPSA) is 51.2 Å². The summed E-state index contributed by atoms with van der Waals surface area (Å²) in [6.07, 6.45) is 1.73. The van der Waals surface area contributed by atoms with Gasteiger partial charge in [-0.25, -0.2) is 4.98 Å². The maximum Gasteiger partial charge on any atom is 0.257 e. The molecule has 1 N–H and O–H groups in total. The van der Waals surface area contributed by atoms with Gasteiger partial charge in [-0.1, -0.05) is 18.2 Å². The zero-order chi connectivity index (χ0) is 15.4. The van der Waals surface area contributed by atoms with Gasteiger partial charge in [0.2, 0.25) is 0 Å². The molecule has 5 heteroatoms. The van der Waals surface area contributed by atoms with Gasteiger partial charge in [0, 0.05) is 16.6 Å². The lowest BCUT2D eigenvalue weighted by molar-refractivity contribution is 0.102. The van der Waals surface area contributed by atoms with Crippen LogP contribution >= 0.6 is 11.3 Å². The number of hydrogen-bond acceptors (Lipinski definition) is 4. The minimum atomic E-state index is -0.180. The molecule has 0 saturated heterocycles. The van der Waals surface area contributed by atoms with E-state index in [1.807, 2.05) is 37.3 Å². The fourth-order valence-electron chi connectivity index (χ4n) is 1.88. The monoisotopic (exact) mass is 310 g/mol. The molecule has 1 aromatic heterocycles. The molecule has 0 radical (unpaired) electrons. The number of amides is 1. The Kier molecular flexibility index (Phi) is 4.16. The summed E-state index contributed by atoms with van der Waals surface area (Å²) in [5.41, 5.74) is 0.563. The van der Waals surface area contributed by atoms with Crippen LogP contribution < -0.4 is 10.1 Å². The van der Waals surface area contributed by atoms with E-state index in [9.17, 15) is 4.79 Å². The molecule has 0 atom stereocenters. The minimum Gasteiger partial charge on any atom is -0.457 e. The van der Waals surface area contributed by atoms with Crippen molar-refractivity contribution in [1.29, 1.82) is 0 Å². The quantitative estimate of drug-likeness (QED) is 0.772. The molecule has 0 aliphatic carbocycles. The van der Waals surface area contributed by atoms with Crippen molar-refractivity contribution in [2.24, 2.45) is 0 Å². The van der Waals surface area contributed by atoms with Crippen molar-refractivity contribution < 1.29 is 9.53 Å². The van der Waals surface area contributed by atoms with Gasteiger partial charge in [-0.3, -0.25) is 10.1 Å². The average Bonchev–Trinajstić information content (AvgIpc) is 2.94. The SMILES string of the molecule is Cc1cnc(NC(=O)c2ccc(Oc3ccccc3)cc2)s1. The van der Waals surface area contributed by atoms with Gasteiger partial charge in [-0.05, 0) is 43.3 Å². The summed E-state index contributed by atoms with van der Waals surface area (Å²) < 4.78 is 5.69. The Morgan fingerprint density at radius 1 is 1.05 bits per heavy atom. The summed E-state index contributed by atoms with van der Waals surface area (Å²) in [5, 5.41) is 3.38. The summed E-state index contributed by atoms with van der Waals surface area (Å²) in [7, 11) is 0. The molecule has 2 aromatic carbocycles. The van der Waals surface area contributed by atoms with Gasteiger partial charge in [-0.15, -0.1) is 11.3 Å². The standard InChI is InChI=1S/C17H14N2O2S/c1-12-11-18-17(22-12)19-16(20)13-7-9-15(10-8-13)21-14-5-3-2-4-6-14/h2-11H,1H3,(H,18,19,20). The lowest BCUT2D eigenvalue weighted by Crippen LogP contribution is -2.11. The highest BCUT2D eigenvalue weighted by atomic mass is 32.1. The number of rotatable bonds is 4. The minimum absolute atomic E-state index is 0.180. The van der Waals surface area contributed by atoms with Crippen molar-refractivity contribution in [3.63, 3.8) is 0 Å². The predicted octanol–water partition coefficient (Wildman–Crippen LogP) is 4.50. The lowest BCUT2D eigenvalue weighted by Gasteiger charge is -2.06. The van der Waals surface area contributed by atoms with E-state index in [-0.39, 0.29) is 5.91 Å². The number of thiazole rings is 1. The molecule has 0 unspecified atom stereocenters. The zero-order valence-corrected chi connectivity index (χ0v) is 12.8. The van der Waals surface area contributed by atoms with Crippen LogP contribution in [0, 0.1) is 6.92 Å². The molecule has 3 rings (SSSR count). The Morgan fingerprint density at radius 3 is 2.36 bits per heavy atom. The number of carbonyl (C=O) groups is 1. The Labute approximate surface area is 132 Å². The molecule has 1 heterocycles. The maximum atomic E-state index is 12.1. The van der Waals surface area contributed by atoms with E-state index < -0.39 is 0 Å². The van der Waals surface area contributed by atoms with Crippen molar-refractivity contribution in [3.8, 4) is 11.5 Å². The average molecular weight is 310 g/mol. The second-order valence-electron chi connectivity index (χ2n) is 4.67. The van der Waals surface area contributed by atoms with E-state index in [0.717, 1.165) is 10.6 Å². The van der Waals surface area contributed by atoms with Crippen LogP contribution in [0.25, 0.3) is 0 Å². The van der Waals surface area contributed by atoms with Crippen molar-refractivity contribution in [2.45, 2.75) is 6.92 Å². The molecule has 3 aromatic rings. The van der Waals surface area contributed by atoms with E-state index >= 15 is 0 Å². The summed E-state index contributed by atoms with van der Waals surface area (Å²) in [6.45, 7) is 1.95. The van der Waals surface area contributed by atoms with Crippen LogP contribution in [0.15, 0.2) is 60.8 Å². The van der Waals surface area contributed by atoms with Crippen LogP contribution in [0.4, 0.5) is 5.13 Å². The number of nitrogens with zero attached hydrogens (tertiary/aromatic N) is 1. The molecular formula is C17H14N2O2S. The molecule has 4 nitrogen and oxygen atoms in total. The van der Waals surface area contributed by atoms with Crippen LogP contribution in [-0.2, 0) is 0 Å². The summed E-state index contributed by atoms with van der Waals surface area (Å²) >= 11 is 1.45. The highest BCUT2D eigenvalue weighted by Gasteiger charge is 2.08. The Hall–Kier alpha value is -2.66. The summed E-state index contributed by atoms with van der Waals surface area (Å²) in [5.74, 6) is 1.27. The van der Waals surface area contributed by atoms with Crippen LogP contribution in [-0.4, -0.2) is 10.9 Å². The number of anilines is 1. The first-order valence-corrected chi connectivity index (χ1v) is 7.59. The van der Waals surface area contributed by atoms with Gasteiger partial charge in [0.05, 0.1) is 0 Å². The Bertz CT molecular complexity index is 767. The molecule has 0 bridgehead atoms. The fourth-order valence-corrected chi connectivity index (χ4v) is 2.54. The van der Waals surface area contributed by atoms with Crippen LogP contribution in [0.5, 0.6) is 11.5 Å². The van der Waals surface area contributed by atoms with Crippen molar-refractivity contribution >= 4 is 22.4 Å².